The number of alkyl halides is 2. The average Bonchev–Trinajstić information content (AvgIpc) is 2.61. The minimum atomic E-state index is -3.77. The molecule has 0 aliphatic rings. The summed E-state index contributed by atoms with van der Waals surface area (Å²) in [5.41, 5.74) is 1.41. The maximum Gasteiger partial charge on any atom is 0.387 e. The van der Waals surface area contributed by atoms with Crippen molar-refractivity contribution in [1.82, 2.24) is 4.90 Å². The van der Waals surface area contributed by atoms with Crippen molar-refractivity contribution in [3.8, 4) is 5.75 Å². The number of benzene rings is 2. The number of carbonyl (C=O) groups excluding carboxylic acids is 1. The van der Waals surface area contributed by atoms with Crippen LogP contribution >= 0.6 is 0 Å². The van der Waals surface area contributed by atoms with E-state index < -0.39 is 16.6 Å². The second-order valence-corrected chi connectivity index (χ2v) is 7.56. The molecule has 0 fully saturated rings. The van der Waals surface area contributed by atoms with Gasteiger partial charge in [0.15, 0.2) is 0 Å². The minimum absolute atomic E-state index is 0.00136. The van der Waals surface area contributed by atoms with Crippen molar-refractivity contribution in [3.63, 3.8) is 0 Å². The Morgan fingerprint density at radius 3 is 2.15 bits per heavy atom. The molecule has 1 amide bonds. The van der Waals surface area contributed by atoms with E-state index in [2.05, 4.69) is 4.74 Å². The topological polar surface area (TPSA) is 89.7 Å². The molecule has 0 aromatic heterocycles. The van der Waals surface area contributed by atoms with E-state index in [9.17, 15) is 22.0 Å². The molecule has 0 aliphatic carbocycles. The van der Waals surface area contributed by atoms with Crippen LogP contribution in [0.2, 0.25) is 0 Å². The Hall–Kier alpha value is -2.52. The fourth-order valence-corrected chi connectivity index (χ4v) is 2.98. The number of likely N-dealkylation sites (N-methyl/N-ethyl adjacent to an activating group) is 1. The largest absolute Gasteiger partial charge is 0.435 e. The second kappa shape index (κ2) is 8.45. The average molecular weight is 398 g/mol. The van der Waals surface area contributed by atoms with Gasteiger partial charge in [0.05, 0.1) is 17.4 Å². The minimum Gasteiger partial charge on any atom is -0.435 e. The van der Waals surface area contributed by atoms with Gasteiger partial charge in [0.1, 0.15) is 5.75 Å². The fraction of sp³-hybridized carbons (Fsp3) is 0.278. The summed E-state index contributed by atoms with van der Waals surface area (Å²) in [5.74, 6) is -0.154. The Labute approximate surface area is 156 Å². The third kappa shape index (κ3) is 5.73. The van der Waals surface area contributed by atoms with Gasteiger partial charge in [0.25, 0.3) is 0 Å². The van der Waals surface area contributed by atoms with E-state index in [1.807, 2.05) is 6.92 Å². The normalized spacial score (nSPS) is 12.7. The molecular weight excluding hydrogens is 378 g/mol. The van der Waals surface area contributed by atoms with Crippen LogP contribution in [-0.2, 0) is 21.2 Å². The molecule has 1 unspecified atom stereocenters. The number of ether oxygens (including phenoxy) is 1. The number of nitrogens with zero attached hydrogens (tertiary/aromatic N) is 1. The van der Waals surface area contributed by atoms with Gasteiger partial charge < -0.3 is 9.64 Å². The molecule has 2 aromatic rings. The summed E-state index contributed by atoms with van der Waals surface area (Å²) in [6.45, 7) is -1.09. The van der Waals surface area contributed by atoms with E-state index in [0.29, 0.717) is 5.56 Å². The predicted molar refractivity (Wildman–Crippen MR) is 95.8 cm³/mol. The molecule has 9 heteroatoms. The molecule has 0 saturated carbocycles. The Balaban J connectivity index is 2.03. The molecule has 2 rings (SSSR count). The van der Waals surface area contributed by atoms with Crippen LogP contribution in [0.3, 0.4) is 0 Å². The Bertz CT molecular complexity index is 885. The van der Waals surface area contributed by atoms with E-state index >= 15 is 0 Å². The molecule has 0 saturated heterocycles. The number of nitrogens with two attached hydrogens (primary N) is 1. The van der Waals surface area contributed by atoms with Crippen molar-refractivity contribution in [2.24, 2.45) is 5.14 Å². The van der Waals surface area contributed by atoms with Gasteiger partial charge in [-0.2, -0.15) is 8.78 Å². The number of sulfonamides is 1. The lowest BCUT2D eigenvalue weighted by Crippen LogP contribution is -2.31. The zero-order valence-electron chi connectivity index (χ0n) is 14.8. The molecule has 2 N–H and O–H groups in total. The number of halogens is 2. The van der Waals surface area contributed by atoms with Crippen LogP contribution in [0.5, 0.6) is 5.75 Å². The number of amides is 1. The number of primary sulfonamides is 1. The molecule has 27 heavy (non-hydrogen) atoms. The van der Waals surface area contributed by atoms with Gasteiger partial charge in [-0.15, -0.1) is 0 Å². The maximum absolute atomic E-state index is 12.5. The highest BCUT2D eigenvalue weighted by Crippen LogP contribution is 2.22. The summed E-state index contributed by atoms with van der Waals surface area (Å²) < 4.78 is 51.2. The SMILES string of the molecule is CC(c1ccc(S(N)(=O)=O)cc1)N(C)C(=O)Cc1ccc(OC(F)F)cc1. The first-order chi connectivity index (χ1) is 12.6. The van der Waals surface area contributed by atoms with E-state index in [0.717, 1.165) is 5.56 Å². The van der Waals surface area contributed by atoms with E-state index in [-0.39, 0.29) is 29.0 Å². The highest BCUT2D eigenvalue weighted by molar-refractivity contribution is 7.89. The third-order valence-corrected chi connectivity index (χ3v) is 5.10. The lowest BCUT2D eigenvalue weighted by atomic mass is 10.1. The van der Waals surface area contributed by atoms with Crippen molar-refractivity contribution in [2.45, 2.75) is 30.9 Å². The van der Waals surface area contributed by atoms with Crippen molar-refractivity contribution in [1.29, 1.82) is 0 Å². The smallest absolute Gasteiger partial charge is 0.387 e. The summed E-state index contributed by atoms with van der Waals surface area (Å²) in [7, 11) is -2.14. The van der Waals surface area contributed by atoms with Crippen LogP contribution in [-0.4, -0.2) is 32.9 Å². The van der Waals surface area contributed by atoms with E-state index in [1.54, 1.807) is 31.3 Å². The van der Waals surface area contributed by atoms with Crippen molar-refractivity contribution in [2.75, 3.05) is 7.05 Å². The van der Waals surface area contributed by atoms with Crippen LogP contribution in [0.15, 0.2) is 53.4 Å². The Kier molecular flexibility index (Phi) is 6.50. The Morgan fingerprint density at radius 2 is 1.67 bits per heavy atom. The van der Waals surface area contributed by atoms with Gasteiger partial charge in [-0.1, -0.05) is 24.3 Å². The van der Waals surface area contributed by atoms with E-state index in [1.165, 1.54) is 29.2 Å². The molecule has 0 heterocycles. The van der Waals surface area contributed by atoms with Gasteiger partial charge in [0, 0.05) is 7.05 Å². The summed E-state index contributed by atoms with van der Waals surface area (Å²) in [4.78, 5) is 14.0. The fourth-order valence-electron chi connectivity index (χ4n) is 2.46. The van der Waals surface area contributed by atoms with Crippen molar-refractivity contribution < 1.29 is 26.7 Å². The molecule has 1 atom stereocenters. The van der Waals surface area contributed by atoms with Gasteiger partial charge >= 0.3 is 6.61 Å². The summed E-state index contributed by atoms with van der Waals surface area (Å²) in [6.07, 6.45) is 0.0884. The second-order valence-electron chi connectivity index (χ2n) is 5.99. The van der Waals surface area contributed by atoms with Crippen LogP contribution in [0, 0.1) is 0 Å². The lowest BCUT2D eigenvalue weighted by Gasteiger charge is -2.25. The highest BCUT2D eigenvalue weighted by atomic mass is 32.2. The van der Waals surface area contributed by atoms with E-state index in [4.69, 9.17) is 5.14 Å². The molecule has 0 spiro atoms. The number of hydrogen-bond acceptors (Lipinski definition) is 4. The molecule has 6 nitrogen and oxygen atoms in total. The standard InChI is InChI=1S/C18H20F2N2O4S/c1-12(14-5-9-16(10-6-14)27(21,24)25)22(2)17(23)11-13-3-7-15(8-4-13)26-18(19)20/h3-10,12,18H,11H2,1-2H3,(H2,21,24,25). The molecule has 0 aliphatic heterocycles. The van der Waals surface area contributed by atoms with Crippen molar-refractivity contribution in [3.05, 3.63) is 59.7 Å². The van der Waals surface area contributed by atoms with Gasteiger partial charge in [0.2, 0.25) is 15.9 Å². The third-order valence-electron chi connectivity index (χ3n) is 4.17. The predicted octanol–water partition coefficient (Wildman–Crippen LogP) is 2.70. The molecule has 146 valence electrons. The zero-order valence-corrected chi connectivity index (χ0v) is 15.6. The van der Waals surface area contributed by atoms with Gasteiger partial charge in [-0.05, 0) is 42.3 Å². The molecule has 0 radical (unpaired) electrons. The summed E-state index contributed by atoms with van der Waals surface area (Å²) in [6, 6.07) is 11.5. The quantitative estimate of drug-likeness (QED) is 0.777. The first kappa shape index (κ1) is 20.8. The number of rotatable bonds is 7. The number of hydrogen-bond donors (Lipinski definition) is 1. The molecule has 0 bridgehead atoms. The van der Waals surface area contributed by atoms with Crippen LogP contribution in [0.4, 0.5) is 8.78 Å². The van der Waals surface area contributed by atoms with Crippen LogP contribution in [0.1, 0.15) is 24.1 Å². The van der Waals surface area contributed by atoms with Gasteiger partial charge in [-0.25, -0.2) is 13.6 Å². The first-order valence-electron chi connectivity index (χ1n) is 8.00. The van der Waals surface area contributed by atoms with Crippen LogP contribution < -0.4 is 9.88 Å². The molecule has 2 aromatic carbocycles. The van der Waals surface area contributed by atoms with Crippen LogP contribution in [0.25, 0.3) is 0 Å². The van der Waals surface area contributed by atoms with Gasteiger partial charge in [-0.3, -0.25) is 4.79 Å². The highest BCUT2D eigenvalue weighted by Gasteiger charge is 2.18. The zero-order chi connectivity index (χ0) is 20.2. The first-order valence-corrected chi connectivity index (χ1v) is 9.54. The maximum atomic E-state index is 12.5. The summed E-state index contributed by atoms with van der Waals surface area (Å²) in [5, 5.41) is 5.07. The monoisotopic (exact) mass is 398 g/mol. The Morgan fingerprint density at radius 1 is 1.11 bits per heavy atom. The lowest BCUT2D eigenvalue weighted by molar-refractivity contribution is -0.131. The number of carbonyl (C=O) groups is 1. The summed E-state index contributed by atoms with van der Waals surface area (Å²) >= 11 is 0. The molecular formula is C18H20F2N2O4S. The van der Waals surface area contributed by atoms with Crippen molar-refractivity contribution >= 4 is 15.9 Å².